The summed E-state index contributed by atoms with van der Waals surface area (Å²) in [7, 11) is -3.10. The van der Waals surface area contributed by atoms with Gasteiger partial charge in [0.25, 0.3) is 0 Å². The molecule has 1 aromatic rings. The third kappa shape index (κ3) is 3.98. The summed E-state index contributed by atoms with van der Waals surface area (Å²) in [5.74, 6) is 0.180. The molecule has 0 saturated carbocycles. The molecule has 0 radical (unpaired) electrons. The SMILES string of the molecule is O=S(=O)(Cc1ccc(Cl)cc1)CC1CCCO1. The van der Waals surface area contributed by atoms with Crippen LogP contribution in [0.3, 0.4) is 0 Å². The van der Waals surface area contributed by atoms with E-state index < -0.39 is 9.84 Å². The predicted octanol–water partition coefficient (Wildman–Crippen LogP) is 2.43. The summed E-state index contributed by atoms with van der Waals surface area (Å²) in [6.07, 6.45) is 1.69. The molecular weight excluding hydrogens is 260 g/mol. The van der Waals surface area contributed by atoms with E-state index in [-0.39, 0.29) is 17.6 Å². The van der Waals surface area contributed by atoms with Crippen LogP contribution in [-0.2, 0) is 20.3 Å². The van der Waals surface area contributed by atoms with Crippen LogP contribution in [0.25, 0.3) is 0 Å². The van der Waals surface area contributed by atoms with E-state index in [2.05, 4.69) is 0 Å². The summed E-state index contributed by atoms with van der Waals surface area (Å²) in [6.45, 7) is 0.682. The van der Waals surface area contributed by atoms with Gasteiger partial charge in [0.2, 0.25) is 0 Å². The first-order chi connectivity index (χ1) is 8.05. The molecule has 94 valence electrons. The summed E-state index contributed by atoms with van der Waals surface area (Å²) >= 11 is 5.75. The molecule has 3 nitrogen and oxygen atoms in total. The van der Waals surface area contributed by atoms with Gasteiger partial charge < -0.3 is 4.74 Å². The molecule has 0 bridgehead atoms. The highest BCUT2D eigenvalue weighted by Crippen LogP contribution is 2.17. The van der Waals surface area contributed by atoms with E-state index in [9.17, 15) is 8.42 Å². The number of sulfone groups is 1. The maximum atomic E-state index is 11.9. The Morgan fingerprint density at radius 2 is 2.00 bits per heavy atom. The van der Waals surface area contributed by atoms with Gasteiger partial charge in [-0.3, -0.25) is 0 Å². The fourth-order valence-corrected chi connectivity index (χ4v) is 3.73. The zero-order chi connectivity index (χ0) is 12.3. The summed E-state index contributed by atoms with van der Waals surface area (Å²) in [5.41, 5.74) is 0.771. The fraction of sp³-hybridized carbons (Fsp3) is 0.500. The highest BCUT2D eigenvalue weighted by Gasteiger charge is 2.23. The number of hydrogen-bond acceptors (Lipinski definition) is 3. The second kappa shape index (κ2) is 5.38. The van der Waals surface area contributed by atoms with Gasteiger partial charge in [-0.2, -0.15) is 0 Å². The van der Waals surface area contributed by atoms with Crippen molar-refractivity contribution in [2.75, 3.05) is 12.4 Å². The second-order valence-corrected chi connectivity index (χ2v) is 6.86. The normalized spacial score (nSPS) is 20.6. The Bertz CT molecular complexity index is 461. The largest absolute Gasteiger partial charge is 0.377 e. The molecule has 1 aliphatic heterocycles. The minimum atomic E-state index is -3.10. The Hall–Kier alpha value is -0.580. The van der Waals surface area contributed by atoms with Gasteiger partial charge in [-0.15, -0.1) is 0 Å². The van der Waals surface area contributed by atoms with E-state index in [4.69, 9.17) is 16.3 Å². The van der Waals surface area contributed by atoms with Crippen LogP contribution in [0.4, 0.5) is 0 Å². The highest BCUT2D eigenvalue weighted by atomic mass is 35.5. The molecule has 5 heteroatoms. The molecule has 0 N–H and O–H groups in total. The lowest BCUT2D eigenvalue weighted by Crippen LogP contribution is -2.21. The standard InChI is InChI=1S/C12H15ClO3S/c13-11-5-3-10(4-6-11)8-17(14,15)9-12-2-1-7-16-12/h3-6,12H,1-2,7-9H2. The van der Waals surface area contributed by atoms with Gasteiger partial charge in [0, 0.05) is 11.6 Å². The first kappa shape index (κ1) is 12.9. The molecule has 17 heavy (non-hydrogen) atoms. The van der Waals surface area contributed by atoms with Crippen molar-refractivity contribution in [3.05, 3.63) is 34.9 Å². The molecule has 1 aromatic carbocycles. The van der Waals surface area contributed by atoms with Crippen LogP contribution in [0.15, 0.2) is 24.3 Å². The lowest BCUT2D eigenvalue weighted by Gasteiger charge is -2.10. The number of rotatable bonds is 4. The van der Waals surface area contributed by atoms with Crippen molar-refractivity contribution in [1.82, 2.24) is 0 Å². The molecule has 1 fully saturated rings. The molecule has 2 rings (SSSR count). The summed E-state index contributed by atoms with van der Waals surface area (Å²) in [6, 6.07) is 6.90. The van der Waals surface area contributed by atoms with Crippen molar-refractivity contribution in [2.24, 2.45) is 0 Å². The smallest absolute Gasteiger partial charge is 0.156 e. The monoisotopic (exact) mass is 274 g/mol. The number of halogens is 1. The molecule has 1 aliphatic rings. The summed E-state index contributed by atoms with van der Waals surface area (Å²) in [4.78, 5) is 0. The van der Waals surface area contributed by atoms with Crippen molar-refractivity contribution in [3.63, 3.8) is 0 Å². The van der Waals surface area contributed by atoms with Crippen molar-refractivity contribution in [2.45, 2.75) is 24.7 Å². The molecule has 1 heterocycles. The topological polar surface area (TPSA) is 43.4 Å². The van der Waals surface area contributed by atoms with Crippen molar-refractivity contribution in [1.29, 1.82) is 0 Å². The van der Waals surface area contributed by atoms with Gasteiger partial charge in [0.1, 0.15) is 0 Å². The minimum Gasteiger partial charge on any atom is -0.377 e. The maximum absolute atomic E-state index is 11.9. The molecule has 0 spiro atoms. The van der Waals surface area contributed by atoms with Gasteiger partial charge in [-0.1, -0.05) is 23.7 Å². The molecule has 1 atom stereocenters. The average Bonchev–Trinajstić information content (AvgIpc) is 2.73. The van der Waals surface area contributed by atoms with Crippen LogP contribution in [0.2, 0.25) is 5.02 Å². The van der Waals surface area contributed by atoms with Gasteiger partial charge in [0.05, 0.1) is 17.6 Å². The Morgan fingerprint density at radius 3 is 2.59 bits per heavy atom. The minimum absolute atomic E-state index is 0.0596. The van der Waals surface area contributed by atoms with Crippen LogP contribution in [0, 0.1) is 0 Å². The van der Waals surface area contributed by atoms with E-state index in [0.717, 1.165) is 18.4 Å². The second-order valence-electron chi connectivity index (χ2n) is 4.32. The first-order valence-electron chi connectivity index (χ1n) is 5.62. The van der Waals surface area contributed by atoms with Crippen molar-refractivity contribution >= 4 is 21.4 Å². The fourth-order valence-electron chi connectivity index (χ4n) is 1.95. The molecular formula is C12H15ClO3S. The Morgan fingerprint density at radius 1 is 1.29 bits per heavy atom. The van der Waals surface area contributed by atoms with E-state index in [1.54, 1.807) is 24.3 Å². The Kier molecular flexibility index (Phi) is 4.07. The predicted molar refractivity (Wildman–Crippen MR) is 67.9 cm³/mol. The highest BCUT2D eigenvalue weighted by molar-refractivity contribution is 7.90. The van der Waals surface area contributed by atoms with Crippen LogP contribution in [-0.4, -0.2) is 26.9 Å². The summed E-state index contributed by atoms with van der Waals surface area (Å²) in [5, 5.41) is 0.616. The van der Waals surface area contributed by atoms with Crippen molar-refractivity contribution in [3.8, 4) is 0 Å². The average molecular weight is 275 g/mol. The van der Waals surface area contributed by atoms with Gasteiger partial charge in [0.15, 0.2) is 9.84 Å². The number of hydrogen-bond donors (Lipinski definition) is 0. The van der Waals surface area contributed by atoms with E-state index in [1.807, 2.05) is 0 Å². The van der Waals surface area contributed by atoms with Crippen molar-refractivity contribution < 1.29 is 13.2 Å². The van der Waals surface area contributed by atoms with Crippen LogP contribution in [0.1, 0.15) is 18.4 Å². The first-order valence-corrected chi connectivity index (χ1v) is 7.81. The molecule has 0 amide bonds. The van der Waals surface area contributed by atoms with Gasteiger partial charge in [-0.05, 0) is 30.5 Å². The molecule has 0 aromatic heterocycles. The van der Waals surface area contributed by atoms with E-state index in [0.29, 0.717) is 11.6 Å². The third-order valence-corrected chi connectivity index (χ3v) is 4.67. The Balaban J connectivity index is 1.98. The Labute approximate surface area is 107 Å². The third-order valence-electron chi connectivity index (χ3n) is 2.76. The van der Waals surface area contributed by atoms with Crippen LogP contribution < -0.4 is 0 Å². The van der Waals surface area contributed by atoms with E-state index >= 15 is 0 Å². The quantitative estimate of drug-likeness (QED) is 0.847. The lowest BCUT2D eigenvalue weighted by molar-refractivity contribution is 0.127. The van der Waals surface area contributed by atoms with Gasteiger partial charge >= 0.3 is 0 Å². The lowest BCUT2D eigenvalue weighted by atomic mass is 10.2. The number of ether oxygens (including phenoxy) is 1. The molecule has 1 unspecified atom stereocenters. The van der Waals surface area contributed by atoms with Crippen LogP contribution in [0.5, 0.6) is 0 Å². The summed E-state index contributed by atoms with van der Waals surface area (Å²) < 4.78 is 29.2. The number of benzene rings is 1. The van der Waals surface area contributed by atoms with Crippen LogP contribution >= 0.6 is 11.6 Å². The van der Waals surface area contributed by atoms with Gasteiger partial charge in [-0.25, -0.2) is 8.42 Å². The van der Waals surface area contributed by atoms with E-state index in [1.165, 1.54) is 0 Å². The molecule has 1 saturated heterocycles. The zero-order valence-electron chi connectivity index (χ0n) is 9.43. The maximum Gasteiger partial charge on any atom is 0.156 e. The molecule has 0 aliphatic carbocycles. The zero-order valence-corrected chi connectivity index (χ0v) is 11.0.